The van der Waals surface area contributed by atoms with E-state index < -0.39 is 32.7 Å². The first-order valence-electron chi connectivity index (χ1n) is 10.5. The molecule has 0 unspecified atom stereocenters. The maximum absolute atomic E-state index is 12.9. The van der Waals surface area contributed by atoms with E-state index in [0.717, 1.165) is 37.3 Å². The van der Waals surface area contributed by atoms with E-state index in [4.69, 9.17) is 4.74 Å². The molecule has 1 atom stereocenters. The molecule has 2 aromatic rings. The highest BCUT2D eigenvalue weighted by Crippen LogP contribution is 2.32. The minimum Gasteiger partial charge on any atom is -0.459 e. The van der Waals surface area contributed by atoms with E-state index in [1.807, 2.05) is 30.3 Å². The van der Waals surface area contributed by atoms with E-state index >= 15 is 0 Å². The third-order valence-corrected chi connectivity index (χ3v) is 7.88. The standard InChI is InChI=1S/C23H29NO5S/c1-17(2)30(27,28)20-12-13-24(22(25)15-20)21(14-18-8-6-7-9-18)23(26)29-16-19-10-4-3-5-11-19/h3-5,10-13,15,17-18,21H,6-9,14,16H2,1-2H3/t21-/m0/s1. The Morgan fingerprint density at radius 1 is 1.13 bits per heavy atom. The van der Waals surface area contributed by atoms with Crippen LogP contribution in [0.1, 0.15) is 57.6 Å². The summed E-state index contributed by atoms with van der Waals surface area (Å²) in [5, 5.41) is -0.627. The Hall–Kier alpha value is -2.41. The second-order valence-electron chi connectivity index (χ2n) is 8.20. The zero-order valence-corrected chi connectivity index (χ0v) is 18.3. The van der Waals surface area contributed by atoms with Gasteiger partial charge >= 0.3 is 5.97 Å². The zero-order valence-electron chi connectivity index (χ0n) is 17.5. The largest absolute Gasteiger partial charge is 0.459 e. The number of hydrogen-bond acceptors (Lipinski definition) is 5. The number of sulfone groups is 1. The van der Waals surface area contributed by atoms with Crippen LogP contribution in [0.4, 0.5) is 0 Å². The second kappa shape index (κ2) is 9.60. The molecule has 1 fully saturated rings. The molecule has 0 radical (unpaired) electrons. The van der Waals surface area contributed by atoms with Gasteiger partial charge in [0.05, 0.1) is 10.1 Å². The molecule has 1 heterocycles. The lowest BCUT2D eigenvalue weighted by atomic mass is 9.98. The lowest BCUT2D eigenvalue weighted by Gasteiger charge is -2.22. The van der Waals surface area contributed by atoms with Gasteiger partial charge in [0.25, 0.3) is 5.56 Å². The van der Waals surface area contributed by atoms with Gasteiger partial charge in [-0.15, -0.1) is 0 Å². The summed E-state index contributed by atoms with van der Waals surface area (Å²) in [6, 6.07) is 11.1. The maximum Gasteiger partial charge on any atom is 0.329 e. The number of pyridine rings is 1. The summed E-state index contributed by atoms with van der Waals surface area (Å²) in [6.07, 6.45) is 6.23. The summed E-state index contributed by atoms with van der Waals surface area (Å²) in [6.45, 7) is 3.28. The Labute approximate surface area is 177 Å². The van der Waals surface area contributed by atoms with Crippen molar-refractivity contribution in [2.24, 2.45) is 5.92 Å². The molecule has 1 aromatic carbocycles. The van der Waals surface area contributed by atoms with Crippen molar-refractivity contribution < 1.29 is 17.9 Å². The van der Waals surface area contributed by atoms with Crippen LogP contribution in [0.3, 0.4) is 0 Å². The van der Waals surface area contributed by atoms with Gasteiger partial charge in [0.15, 0.2) is 9.84 Å². The molecule has 7 heteroatoms. The SMILES string of the molecule is CC(C)S(=O)(=O)c1ccn([C@@H](CC2CCCC2)C(=O)OCc2ccccc2)c(=O)c1. The fourth-order valence-corrected chi connectivity index (χ4v) is 4.95. The molecule has 0 aliphatic heterocycles. The number of rotatable bonds is 8. The molecule has 1 aliphatic rings. The molecule has 30 heavy (non-hydrogen) atoms. The van der Waals surface area contributed by atoms with Crippen LogP contribution in [0, 0.1) is 5.92 Å². The Bertz CT molecular complexity index is 1020. The number of esters is 1. The summed E-state index contributed by atoms with van der Waals surface area (Å²) in [7, 11) is -3.56. The number of aromatic nitrogens is 1. The van der Waals surface area contributed by atoms with Crippen LogP contribution in [-0.2, 0) is 26.0 Å². The molecule has 0 spiro atoms. The van der Waals surface area contributed by atoms with Gasteiger partial charge in [0.1, 0.15) is 12.6 Å². The lowest BCUT2D eigenvalue weighted by Crippen LogP contribution is -2.32. The van der Waals surface area contributed by atoms with E-state index in [9.17, 15) is 18.0 Å². The number of benzene rings is 1. The van der Waals surface area contributed by atoms with E-state index in [1.165, 1.54) is 16.8 Å². The first kappa shape index (κ1) is 22.3. The van der Waals surface area contributed by atoms with Crippen LogP contribution in [0.15, 0.2) is 58.4 Å². The van der Waals surface area contributed by atoms with Crippen LogP contribution in [0.25, 0.3) is 0 Å². The predicted molar refractivity (Wildman–Crippen MR) is 115 cm³/mol. The minimum atomic E-state index is -3.56. The van der Waals surface area contributed by atoms with E-state index in [0.29, 0.717) is 12.3 Å². The van der Waals surface area contributed by atoms with Gasteiger partial charge in [0.2, 0.25) is 0 Å². The predicted octanol–water partition coefficient (Wildman–Crippen LogP) is 3.90. The van der Waals surface area contributed by atoms with Crippen molar-refractivity contribution in [3.63, 3.8) is 0 Å². The van der Waals surface area contributed by atoms with Crippen molar-refractivity contribution in [2.45, 2.75) is 68.7 Å². The molecule has 3 rings (SSSR count). The molecule has 1 aromatic heterocycles. The fourth-order valence-electron chi connectivity index (χ4n) is 3.89. The third kappa shape index (κ3) is 5.19. The monoisotopic (exact) mass is 431 g/mol. The van der Waals surface area contributed by atoms with Crippen molar-refractivity contribution in [2.75, 3.05) is 0 Å². The normalized spacial score (nSPS) is 16.0. The molecule has 0 saturated heterocycles. The first-order chi connectivity index (χ1) is 14.3. The fraction of sp³-hybridized carbons (Fsp3) is 0.478. The Kier molecular flexibility index (Phi) is 7.13. The van der Waals surface area contributed by atoms with Gasteiger partial charge in [0, 0.05) is 12.3 Å². The highest BCUT2D eigenvalue weighted by atomic mass is 32.2. The van der Waals surface area contributed by atoms with Crippen molar-refractivity contribution in [3.05, 3.63) is 64.6 Å². The molecule has 162 valence electrons. The Morgan fingerprint density at radius 2 is 1.80 bits per heavy atom. The smallest absolute Gasteiger partial charge is 0.329 e. The van der Waals surface area contributed by atoms with Crippen molar-refractivity contribution in [3.8, 4) is 0 Å². The first-order valence-corrected chi connectivity index (χ1v) is 12.0. The van der Waals surface area contributed by atoms with Crippen LogP contribution >= 0.6 is 0 Å². The highest BCUT2D eigenvalue weighted by molar-refractivity contribution is 7.92. The van der Waals surface area contributed by atoms with Crippen LogP contribution in [0.2, 0.25) is 0 Å². The molecule has 0 amide bonds. The van der Waals surface area contributed by atoms with Crippen LogP contribution in [0.5, 0.6) is 0 Å². The molecule has 0 bridgehead atoms. The Morgan fingerprint density at radius 3 is 2.40 bits per heavy atom. The molecule has 0 N–H and O–H groups in total. The summed E-state index contributed by atoms with van der Waals surface area (Å²) < 4.78 is 31.6. The summed E-state index contributed by atoms with van der Waals surface area (Å²) in [4.78, 5) is 25.7. The minimum absolute atomic E-state index is 0.0176. The molecule has 6 nitrogen and oxygen atoms in total. The second-order valence-corrected chi connectivity index (χ2v) is 10.7. The summed E-state index contributed by atoms with van der Waals surface area (Å²) >= 11 is 0. The van der Waals surface area contributed by atoms with Crippen molar-refractivity contribution in [1.82, 2.24) is 4.57 Å². The quantitative estimate of drug-likeness (QED) is 0.592. The Balaban J connectivity index is 1.86. The topological polar surface area (TPSA) is 82.4 Å². The van der Waals surface area contributed by atoms with Gasteiger partial charge in [-0.05, 0) is 37.8 Å². The molecular formula is C23H29NO5S. The van der Waals surface area contributed by atoms with Crippen LogP contribution < -0.4 is 5.56 Å². The van der Waals surface area contributed by atoms with Gasteiger partial charge in [-0.2, -0.15) is 0 Å². The van der Waals surface area contributed by atoms with Crippen LogP contribution in [-0.4, -0.2) is 24.2 Å². The van der Waals surface area contributed by atoms with Gasteiger partial charge in [-0.3, -0.25) is 4.79 Å². The number of nitrogens with zero attached hydrogens (tertiary/aromatic N) is 1. The lowest BCUT2D eigenvalue weighted by molar-refractivity contribution is -0.149. The average Bonchev–Trinajstić information content (AvgIpc) is 3.24. The maximum atomic E-state index is 12.9. The van der Waals surface area contributed by atoms with Crippen molar-refractivity contribution >= 4 is 15.8 Å². The molecular weight excluding hydrogens is 402 g/mol. The van der Waals surface area contributed by atoms with Gasteiger partial charge < -0.3 is 9.30 Å². The number of carbonyl (C=O) groups excluding carboxylic acids is 1. The number of carbonyl (C=O) groups is 1. The van der Waals surface area contributed by atoms with E-state index in [2.05, 4.69) is 0 Å². The highest BCUT2D eigenvalue weighted by Gasteiger charge is 2.29. The molecule has 1 aliphatic carbocycles. The van der Waals surface area contributed by atoms with E-state index in [1.54, 1.807) is 13.8 Å². The van der Waals surface area contributed by atoms with E-state index in [-0.39, 0.29) is 11.5 Å². The number of ether oxygens (including phenoxy) is 1. The average molecular weight is 432 g/mol. The third-order valence-electron chi connectivity index (χ3n) is 5.73. The summed E-state index contributed by atoms with van der Waals surface area (Å²) in [5.41, 5.74) is 0.368. The van der Waals surface area contributed by atoms with Gasteiger partial charge in [-0.1, -0.05) is 56.0 Å². The summed E-state index contributed by atoms with van der Waals surface area (Å²) in [5.74, 6) is -0.113. The van der Waals surface area contributed by atoms with Gasteiger partial charge in [-0.25, -0.2) is 13.2 Å². The molecule has 1 saturated carbocycles. The zero-order chi connectivity index (χ0) is 21.7. The number of hydrogen-bond donors (Lipinski definition) is 0. The van der Waals surface area contributed by atoms with Crippen molar-refractivity contribution in [1.29, 1.82) is 0 Å².